The van der Waals surface area contributed by atoms with Crippen LogP contribution >= 0.6 is 22.6 Å². The average molecular weight is 405 g/mol. The lowest BCUT2D eigenvalue weighted by molar-refractivity contribution is -0.124. The number of hydrogen-bond acceptors (Lipinski definition) is 3. The first kappa shape index (κ1) is 14.5. The van der Waals surface area contributed by atoms with Crippen LogP contribution in [-0.2, 0) is 14.8 Å². The van der Waals surface area contributed by atoms with Crippen LogP contribution < -0.4 is 0 Å². The monoisotopic (exact) mass is 405 g/mol. The highest BCUT2D eigenvalue weighted by atomic mass is 127. The van der Waals surface area contributed by atoms with E-state index in [1.807, 2.05) is 0 Å². The van der Waals surface area contributed by atoms with E-state index in [1.54, 1.807) is 24.3 Å². The van der Waals surface area contributed by atoms with E-state index in [0.29, 0.717) is 30.7 Å². The molecule has 108 valence electrons. The van der Waals surface area contributed by atoms with Gasteiger partial charge in [0.2, 0.25) is 10.0 Å². The second-order valence-electron chi connectivity index (χ2n) is 5.44. The molecule has 0 radical (unpaired) electrons. The summed E-state index contributed by atoms with van der Waals surface area (Å²) in [6, 6.07) is 6.82. The zero-order chi connectivity index (χ0) is 14.4. The number of sulfonamides is 1. The summed E-state index contributed by atoms with van der Waals surface area (Å²) in [7, 11) is -3.57. The van der Waals surface area contributed by atoms with Gasteiger partial charge in [-0.05, 0) is 72.5 Å². The Balaban J connectivity index is 2.03. The Morgan fingerprint density at radius 1 is 1.10 bits per heavy atom. The van der Waals surface area contributed by atoms with Crippen molar-refractivity contribution in [2.45, 2.75) is 42.5 Å². The molecule has 0 bridgehead atoms. The maximum Gasteiger partial charge on any atom is 0.243 e. The van der Waals surface area contributed by atoms with Gasteiger partial charge >= 0.3 is 0 Å². The van der Waals surface area contributed by atoms with Crippen molar-refractivity contribution in [3.63, 3.8) is 0 Å². The fourth-order valence-electron chi connectivity index (χ4n) is 3.38. The van der Waals surface area contributed by atoms with Crippen LogP contribution in [0.4, 0.5) is 0 Å². The maximum atomic E-state index is 12.8. The molecular weight excluding hydrogens is 389 g/mol. The Kier molecular flexibility index (Phi) is 3.66. The van der Waals surface area contributed by atoms with Crippen molar-refractivity contribution in [1.82, 2.24) is 4.31 Å². The first-order valence-corrected chi connectivity index (χ1v) is 9.30. The van der Waals surface area contributed by atoms with Crippen molar-refractivity contribution in [3.05, 3.63) is 27.8 Å². The van der Waals surface area contributed by atoms with E-state index in [2.05, 4.69) is 22.6 Å². The van der Waals surface area contributed by atoms with Gasteiger partial charge in [-0.2, -0.15) is 4.31 Å². The molecule has 2 fully saturated rings. The lowest BCUT2D eigenvalue weighted by atomic mass is 9.95. The minimum Gasteiger partial charge on any atom is -0.298 e. The number of ketones is 1. The average Bonchev–Trinajstić information content (AvgIpc) is 2.99. The number of carbonyl (C=O) groups is 1. The molecule has 1 saturated heterocycles. The summed E-state index contributed by atoms with van der Waals surface area (Å²) in [5.74, 6) is 0.101. The highest BCUT2D eigenvalue weighted by Crippen LogP contribution is 2.43. The van der Waals surface area contributed by atoms with Crippen LogP contribution in [0.1, 0.15) is 32.1 Å². The van der Waals surface area contributed by atoms with E-state index in [1.165, 1.54) is 4.31 Å². The van der Waals surface area contributed by atoms with Gasteiger partial charge in [0.25, 0.3) is 0 Å². The summed E-state index contributed by atoms with van der Waals surface area (Å²) in [6.45, 7) is 0.458. The van der Waals surface area contributed by atoms with Crippen LogP contribution in [0.25, 0.3) is 0 Å². The second-order valence-corrected chi connectivity index (χ2v) is 8.55. The minimum atomic E-state index is -3.57. The Bertz CT molecular complexity index is 637. The Morgan fingerprint density at radius 2 is 1.75 bits per heavy atom. The molecule has 1 aromatic rings. The molecule has 1 unspecified atom stereocenters. The number of rotatable bonds is 2. The predicted octanol–water partition coefficient (Wildman–Crippen LogP) is 2.57. The van der Waals surface area contributed by atoms with Gasteiger partial charge < -0.3 is 0 Å². The summed E-state index contributed by atoms with van der Waals surface area (Å²) < 4.78 is 28.1. The molecule has 0 N–H and O–H groups in total. The molecule has 1 atom stereocenters. The van der Waals surface area contributed by atoms with E-state index < -0.39 is 15.6 Å². The lowest BCUT2D eigenvalue weighted by Crippen LogP contribution is -2.50. The van der Waals surface area contributed by atoms with Gasteiger partial charge in [0.1, 0.15) is 0 Å². The van der Waals surface area contributed by atoms with Crippen LogP contribution in [0.2, 0.25) is 0 Å². The molecule has 1 aliphatic carbocycles. The molecule has 1 spiro atoms. The zero-order valence-corrected chi connectivity index (χ0v) is 14.0. The first-order chi connectivity index (χ1) is 9.47. The van der Waals surface area contributed by atoms with Gasteiger partial charge in [0, 0.05) is 16.5 Å². The molecule has 4 nitrogen and oxygen atoms in total. The van der Waals surface area contributed by atoms with Crippen molar-refractivity contribution >= 4 is 38.4 Å². The van der Waals surface area contributed by atoms with Crippen LogP contribution in [0.5, 0.6) is 0 Å². The zero-order valence-electron chi connectivity index (χ0n) is 11.0. The van der Waals surface area contributed by atoms with E-state index in [4.69, 9.17) is 0 Å². The predicted molar refractivity (Wildman–Crippen MR) is 83.9 cm³/mol. The third-order valence-corrected chi connectivity index (χ3v) is 7.04. The van der Waals surface area contributed by atoms with Crippen LogP contribution in [0.3, 0.4) is 0 Å². The SMILES string of the molecule is O=C1CCCC12CCCN2S(=O)(=O)c1ccc(I)cc1. The van der Waals surface area contributed by atoms with Crippen LogP contribution in [0.15, 0.2) is 29.2 Å². The highest BCUT2D eigenvalue weighted by molar-refractivity contribution is 14.1. The molecule has 2 aliphatic rings. The van der Waals surface area contributed by atoms with Gasteiger partial charge in [-0.3, -0.25) is 4.79 Å². The number of benzene rings is 1. The Labute approximate surface area is 132 Å². The van der Waals surface area contributed by atoms with Gasteiger partial charge in [0.15, 0.2) is 5.78 Å². The topological polar surface area (TPSA) is 54.5 Å². The fourth-order valence-corrected chi connectivity index (χ4v) is 5.59. The van der Waals surface area contributed by atoms with Crippen molar-refractivity contribution in [1.29, 1.82) is 0 Å². The Morgan fingerprint density at radius 3 is 2.35 bits per heavy atom. The standard InChI is InChI=1S/C14H16INO3S/c15-11-4-6-12(7-5-11)20(18,19)16-10-2-9-14(16)8-1-3-13(14)17/h4-7H,1-3,8-10H2. The number of halogens is 1. The fraction of sp³-hybridized carbons (Fsp3) is 0.500. The normalized spacial score (nSPS) is 27.6. The first-order valence-electron chi connectivity index (χ1n) is 6.78. The summed E-state index contributed by atoms with van der Waals surface area (Å²) >= 11 is 2.15. The van der Waals surface area contributed by atoms with Crippen molar-refractivity contribution in [2.24, 2.45) is 0 Å². The summed E-state index contributed by atoms with van der Waals surface area (Å²) in [5, 5.41) is 0. The van der Waals surface area contributed by atoms with Gasteiger partial charge in [-0.25, -0.2) is 8.42 Å². The highest BCUT2D eigenvalue weighted by Gasteiger charge is 2.54. The largest absolute Gasteiger partial charge is 0.298 e. The van der Waals surface area contributed by atoms with Crippen molar-refractivity contribution < 1.29 is 13.2 Å². The van der Waals surface area contributed by atoms with E-state index in [-0.39, 0.29) is 5.78 Å². The van der Waals surface area contributed by atoms with Gasteiger partial charge in [0.05, 0.1) is 10.4 Å². The number of Topliss-reactive ketones (excluding diaryl/α,β-unsaturated/α-hetero) is 1. The maximum absolute atomic E-state index is 12.8. The van der Waals surface area contributed by atoms with Gasteiger partial charge in [-0.15, -0.1) is 0 Å². The van der Waals surface area contributed by atoms with E-state index in [9.17, 15) is 13.2 Å². The molecule has 0 aromatic heterocycles. The number of hydrogen-bond donors (Lipinski definition) is 0. The molecule has 1 saturated carbocycles. The molecule has 3 rings (SSSR count). The molecule has 6 heteroatoms. The lowest BCUT2D eigenvalue weighted by Gasteiger charge is -2.32. The minimum absolute atomic E-state index is 0.101. The quantitative estimate of drug-likeness (QED) is 0.711. The third kappa shape index (κ3) is 2.12. The van der Waals surface area contributed by atoms with E-state index >= 15 is 0 Å². The van der Waals surface area contributed by atoms with Crippen molar-refractivity contribution in [2.75, 3.05) is 6.54 Å². The van der Waals surface area contributed by atoms with Gasteiger partial charge in [-0.1, -0.05) is 0 Å². The molecule has 0 amide bonds. The summed E-state index contributed by atoms with van der Waals surface area (Å²) in [5.41, 5.74) is -0.748. The molecule has 1 aromatic carbocycles. The summed E-state index contributed by atoms with van der Waals surface area (Å²) in [6.07, 6.45) is 3.44. The second kappa shape index (κ2) is 5.06. The van der Waals surface area contributed by atoms with Crippen LogP contribution in [0, 0.1) is 3.57 Å². The molecular formula is C14H16INO3S. The summed E-state index contributed by atoms with van der Waals surface area (Å²) in [4.78, 5) is 12.5. The number of carbonyl (C=O) groups excluding carboxylic acids is 1. The number of nitrogens with zero attached hydrogens (tertiary/aromatic N) is 1. The van der Waals surface area contributed by atoms with Crippen LogP contribution in [-0.4, -0.2) is 30.6 Å². The molecule has 1 aliphatic heterocycles. The Hall–Kier alpha value is -0.470. The smallest absolute Gasteiger partial charge is 0.243 e. The van der Waals surface area contributed by atoms with Crippen molar-refractivity contribution in [3.8, 4) is 0 Å². The molecule has 1 heterocycles. The third-order valence-electron chi connectivity index (χ3n) is 4.34. The molecule has 20 heavy (non-hydrogen) atoms. The van der Waals surface area contributed by atoms with E-state index in [0.717, 1.165) is 16.4 Å².